The maximum absolute atomic E-state index is 15.7. The standard InChI is InChI=1S/C30H26Cl2F2N2O4S/c1-14-5-9-20(33)25(34)24(14)26-30(18-8-6-16(32)12-21(18)35-27(30)37)19(13-23(41)36-26)17-11-15(31)7-10-22(17)40-29(2,3)28(38)39-4/h5-12,19,26H,13H2,1-4H3,(H,35,37)(H,36,41)/t19-,26-,30-/m1/s1. The lowest BCUT2D eigenvalue weighted by Crippen LogP contribution is -2.57. The molecule has 1 amide bonds. The number of benzene rings is 3. The predicted octanol–water partition coefficient (Wildman–Crippen LogP) is 6.95. The molecule has 1 saturated heterocycles. The van der Waals surface area contributed by atoms with Crippen molar-refractivity contribution in [1.82, 2.24) is 5.32 Å². The molecule has 2 aliphatic heterocycles. The van der Waals surface area contributed by atoms with Crippen LogP contribution in [-0.2, 0) is 19.7 Å². The lowest BCUT2D eigenvalue weighted by Gasteiger charge is -2.48. The van der Waals surface area contributed by atoms with Gasteiger partial charge in [0.2, 0.25) is 5.91 Å². The van der Waals surface area contributed by atoms with Gasteiger partial charge in [-0.3, -0.25) is 4.79 Å². The summed E-state index contributed by atoms with van der Waals surface area (Å²) in [5.41, 5.74) is -1.19. The minimum Gasteiger partial charge on any atom is -0.476 e. The molecule has 0 saturated carbocycles. The number of aryl methyl sites for hydroxylation is 1. The van der Waals surface area contributed by atoms with Gasteiger partial charge in [-0.1, -0.05) is 47.6 Å². The SMILES string of the molecule is COC(=O)C(C)(C)Oc1ccc(Cl)cc1[C@H]1CC(=S)N[C@H](c2c(C)ccc(F)c2F)[C@]12C(=O)Nc1cc(Cl)ccc12. The average Bonchev–Trinajstić information content (AvgIpc) is 3.19. The Balaban J connectivity index is 1.83. The number of ether oxygens (including phenoxy) is 2. The fraction of sp³-hybridized carbons (Fsp3) is 0.300. The van der Waals surface area contributed by atoms with Crippen LogP contribution in [0.15, 0.2) is 48.5 Å². The monoisotopic (exact) mass is 618 g/mol. The number of esters is 1. The zero-order chi connectivity index (χ0) is 29.9. The topological polar surface area (TPSA) is 76.7 Å². The first-order chi connectivity index (χ1) is 19.3. The Hall–Kier alpha value is -3.27. The smallest absolute Gasteiger partial charge is 0.349 e. The molecule has 214 valence electrons. The van der Waals surface area contributed by atoms with Crippen LogP contribution in [0.25, 0.3) is 0 Å². The molecule has 0 radical (unpaired) electrons. The van der Waals surface area contributed by atoms with E-state index < -0.39 is 46.5 Å². The maximum atomic E-state index is 15.7. The van der Waals surface area contributed by atoms with Crippen LogP contribution in [0.3, 0.4) is 0 Å². The van der Waals surface area contributed by atoms with Crippen LogP contribution in [0, 0.1) is 18.6 Å². The third-order valence-electron chi connectivity index (χ3n) is 7.78. The third-order valence-corrected chi connectivity index (χ3v) is 8.53. The highest BCUT2D eigenvalue weighted by molar-refractivity contribution is 7.80. The molecule has 0 bridgehead atoms. The van der Waals surface area contributed by atoms with Gasteiger partial charge in [-0.2, -0.15) is 0 Å². The first-order valence-electron chi connectivity index (χ1n) is 12.7. The van der Waals surface area contributed by atoms with Gasteiger partial charge in [0.15, 0.2) is 17.2 Å². The molecule has 2 aliphatic rings. The summed E-state index contributed by atoms with van der Waals surface area (Å²) in [5.74, 6) is -3.78. The molecule has 2 heterocycles. The lowest BCUT2D eigenvalue weighted by molar-refractivity contribution is -0.156. The first kappa shape index (κ1) is 29.2. The molecule has 41 heavy (non-hydrogen) atoms. The summed E-state index contributed by atoms with van der Waals surface area (Å²) < 4.78 is 41.5. The number of hydrogen-bond donors (Lipinski definition) is 2. The highest BCUT2D eigenvalue weighted by Crippen LogP contribution is 2.59. The van der Waals surface area contributed by atoms with Crippen molar-refractivity contribution >= 4 is 58.0 Å². The number of thiocarbonyl (C=S) groups is 1. The number of nitrogens with one attached hydrogen (secondary N) is 2. The number of rotatable bonds is 5. The average molecular weight is 620 g/mol. The van der Waals surface area contributed by atoms with Crippen LogP contribution in [0.4, 0.5) is 14.5 Å². The molecule has 3 aromatic carbocycles. The Morgan fingerprint density at radius 1 is 1.10 bits per heavy atom. The summed E-state index contributed by atoms with van der Waals surface area (Å²) in [4.78, 5) is 27.2. The number of anilines is 1. The molecule has 0 unspecified atom stereocenters. The second-order valence-electron chi connectivity index (χ2n) is 10.6. The predicted molar refractivity (Wildman–Crippen MR) is 157 cm³/mol. The van der Waals surface area contributed by atoms with Crippen LogP contribution in [0.5, 0.6) is 5.75 Å². The number of fused-ring (bicyclic) bond motifs is 2. The van der Waals surface area contributed by atoms with E-state index in [-0.39, 0.29) is 17.7 Å². The fourth-order valence-electron chi connectivity index (χ4n) is 5.96. The first-order valence-corrected chi connectivity index (χ1v) is 13.9. The lowest BCUT2D eigenvalue weighted by atomic mass is 9.59. The van der Waals surface area contributed by atoms with Crippen LogP contribution in [-0.4, -0.2) is 29.6 Å². The van der Waals surface area contributed by atoms with Gasteiger partial charge in [-0.05, 0) is 68.3 Å². The number of hydrogen-bond acceptors (Lipinski definition) is 5. The Morgan fingerprint density at radius 2 is 1.78 bits per heavy atom. The van der Waals surface area contributed by atoms with Crippen molar-refractivity contribution in [1.29, 1.82) is 0 Å². The maximum Gasteiger partial charge on any atom is 0.349 e. The van der Waals surface area contributed by atoms with Gasteiger partial charge in [0.25, 0.3) is 0 Å². The molecule has 11 heteroatoms. The van der Waals surface area contributed by atoms with E-state index in [1.54, 1.807) is 57.2 Å². The third kappa shape index (κ3) is 4.73. The zero-order valence-corrected chi connectivity index (χ0v) is 24.9. The molecular formula is C30H26Cl2F2N2O4S. The summed E-state index contributed by atoms with van der Waals surface area (Å²) in [6.07, 6.45) is 0.132. The van der Waals surface area contributed by atoms with Crippen molar-refractivity contribution in [2.24, 2.45) is 0 Å². The van der Waals surface area contributed by atoms with Gasteiger partial charge in [0, 0.05) is 39.2 Å². The van der Waals surface area contributed by atoms with Gasteiger partial charge in [-0.15, -0.1) is 0 Å². The Bertz CT molecular complexity index is 1620. The molecule has 3 atom stereocenters. The summed E-state index contributed by atoms with van der Waals surface area (Å²) in [6.45, 7) is 4.74. The number of carbonyl (C=O) groups is 2. The Labute approximate surface area is 251 Å². The van der Waals surface area contributed by atoms with Crippen LogP contribution >= 0.6 is 35.4 Å². The van der Waals surface area contributed by atoms with E-state index >= 15 is 4.39 Å². The van der Waals surface area contributed by atoms with Gasteiger partial charge < -0.3 is 20.1 Å². The fourth-order valence-corrected chi connectivity index (χ4v) is 6.60. The van der Waals surface area contributed by atoms with Crippen LogP contribution in [0.2, 0.25) is 10.0 Å². The van der Waals surface area contributed by atoms with Gasteiger partial charge in [0.1, 0.15) is 11.2 Å². The number of amides is 1. The van der Waals surface area contributed by atoms with Crippen molar-refractivity contribution in [2.45, 2.75) is 50.2 Å². The van der Waals surface area contributed by atoms with E-state index in [9.17, 15) is 14.0 Å². The summed E-state index contributed by atoms with van der Waals surface area (Å²) in [6, 6.07) is 11.1. The molecule has 2 N–H and O–H groups in total. The molecule has 5 rings (SSSR count). The zero-order valence-electron chi connectivity index (χ0n) is 22.5. The van der Waals surface area contributed by atoms with Crippen molar-refractivity contribution in [3.8, 4) is 5.75 Å². The molecule has 0 aliphatic carbocycles. The molecule has 3 aromatic rings. The van der Waals surface area contributed by atoms with E-state index in [0.717, 1.165) is 6.07 Å². The second-order valence-corrected chi connectivity index (χ2v) is 12.0. The molecule has 6 nitrogen and oxygen atoms in total. The van der Waals surface area contributed by atoms with E-state index in [0.29, 0.717) is 37.4 Å². The van der Waals surface area contributed by atoms with E-state index in [1.807, 2.05) is 0 Å². The highest BCUT2D eigenvalue weighted by atomic mass is 35.5. The Morgan fingerprint density at radius 3 is 2.49 bits per heavy atom. The molecule has 1 fully saturated rings. The van der Waals surface area contributed by atoms with Crippen molar-refractivity contribution in [2.75, 3.05) is 12.4 Å². The second kappa shape index (κ2) is 10.5. The van der Waals surface area contributed by atoms with Crippen LogP contribution < -0.4 is 15.4 Å². The Kier molecular flexibility index (Phi) is 7.51. The number of piperidine rings is 1. The van der Waals surface area contributed by atoms with Gasteiger partial charge in [-0.25, -0.2) is 13.6 Å². The number of carbonyl (C=O) groups excluding carboxylic acids is 2. The van der Waals surface area contributed by atoms with E-state index in [2.05, 4.69) is 10.6 Å². The molecular weight excluding hydrogens is 593 g/mol. The van der Waals surface area contributed by atoms with Crippen molar-refractivity contribution in [3.63, 3.8) is 0 Å². The minimum atomic E-state index is -1.57. The summed E-state index contributed by atoms with van der Waals surface area (Å²) >= 11 is 18.4. The van der Waals surface area contributed by atoms with E-state index in [4.69, 9.17) is 44.9 Å². The molecule has 1 spiro atoms. The van der Waals surface area contributed by atoms with Crippen molar-refractivity contribution < 1.29 is 27.8 Å². The normalized spacial score (nSPS) is 21.8. The van der Waals surface area contributed by atoms with E-state index in [1.165, 1.54) is 13.2 Å². The van der Waals surface area contributed by atoms with Gasteiger partial charge in [0.05, 0.1) is 18.1 Å². The summed E-state index contributed by atoms with van der Waals surface area (Å²) in [5, 5.41) is 6.78. The highest BCUT2D eigenvalue weighted by Gasteiger charge is 2.62. The number of methoxy groups -OCH3 is 1. The van der Waals surface area contributed by atoms with Gasteiger partial charge >= 0.3 is 5.97 Å². The summed E-state index contributed by atoms with van der Waals surface area (Å²) in [7, 11) is 1.25. The quantitative estimate of drug-likeness (QED) is 0.238. The largest absolute Gasteiger partial charge is 0.476 e. The van der Waals surface area contributed by atoms with Crippen molar-refractivity contribution in [3.05, 3.63) is 92.5 Å². The number of halogens is 4. The minimum absolute atomic E-state index is 0.0330. The van der Waals surface area contributed by atoms with Crippen LogP contribution in [0.1, 0.15) is 54.5 Å². The molecule has 0 aromatic heterocycles.